The van der Waals surface area contributed by atoms with Gasteiger partial charge in [0.15, 0.2) is 11.7 Å². The summed E-state index contributed by atoms with van der Waals surface area (Å²) in [6, 6.07) is 14.9. The minimum absolute atomic E-state index is 0.367. The Hall–Kier alpha value is -2.93. The number of carbonyl (C=O) groups is 1. The smallest absolute Gasteiger partial charge is 0.341 e. The number of benzene rings is 2. The number of thiocarbonyl (C=S) groups is 1. The zero-order valence-corrected chi connectivity index (χ0v) is 15.5. The molecule has 0 aliphatic carbocycles. The third kappa shape index (κ3) is 5.86. The highest BCUT2D eigenvalue weighted by atomic mass is 32.1. The van der Waals surface area contributed by atoms with Crippen molar-refractivity contribution < 1.29 is 14.6 Å². The molecule has 3 N–H and O–H groups in total. The lowest BCUT2D eigenvalue weighted by atomic mass is 10.1. The van der Waals surface area contributed by atoms with Gasteiger partial charge in [-0.05, 0) is 67.0 Å². The van der Waals surface area contributed by atoms with Crippen molar-refractivity contribution in [3.05, 3.63) is 59.7 Å². The van der Waals surface area contributed by atoms with Crippen LogP contribution in [0.4, 0.5) is 5.69 Å². The van der Waals surface area contributed by atoms with E-state index in [2.05, 4.69) is 15.8 Å². The molecule has 0 atom stereocenters. The van der Waals surface area contributed by atoms with Gasteiger partial charge in [-0.3, -0.25) is 5.43 Å². The molecule has 0 aliphatic heterocycles. The minimum atomic E-state index is -1.01. The van der Waals surface area contributed by atoms with Crippen LogP contribution < -0.4 is 15.5 Å². The zero-order valence-electron chi connectivity index (χ0n) is 14.7. The normalized spacial score (nSPS) is 10.9. The summed E-state index contributed by atoms with van der Waals surface area (Å²) in [6.45, 7) is 3.63. The predicted molar refractivity (Wildman–Crippen MR) is 107 cm³/mol. The zero-order chi connectivity index (χ0) is 18.9. The lowest BCUT2D eigenvalue weighted by molar-refractivity contribution is -0.139. The Balaban J connectivity index is 1.99. The van der Waals surface area contributed by atoms with E-state index in [1.807, 2.05) is 50.2 Å². The summed E-state index contributed by atoms with van der Waals surface area (Å²) in [5.41, 5.74) is 6.61. The second kappa shape index (κ2) is 9.53. The van der Waals surface area contributed by atoms with Crippen molar-refractivity contribution in [3.8, 4) is 5.75 Å². The number of aryl methyl sites for hydroxylation is 1. The van der Waals surface area contributed by atoms with Crippen molar-refractivity contribution in [3.63, 3.8) is 0 Å². The number of carboxylic acids is 1. The summed E-state index contributed by atoms with van der Waals surface area (Å²) < 4.78 is 5.13. The van der Waals surface area contributed by atoms with E-state index in [4.69, 9.17) is 22.1 Å². The van der Waals surface area contributed by atoms with Crippen LogP contribution in [-0.2, 0) is 4.79 Å². The average molecular weight is 371 g/mol. The van der Waals surface area contributed by atoms with E-state index in [1.165, 1.54) is 0 Å². The molecule has 7 heteroatoms. The van der Waals surface area contributed by atoms with Crippen molar-refractivity contribution in [2.75, 3.05) is 11.9 Å². The van der Waals surface area contributed by atoms with E-state index in [9.17, 15) is 4.79 Å². The lowest BCUT2D eigenvalue weighted by Gasteiger charge is -2.11. The molecule has 0 aliphatic rings. The molecule has 0 saturated carbocycles. The number of hydrogen-bond donors (Lipinski definition) is 3. The first kappa shape index (κ1) is 19.4. The van der Waals surface area contributed by atoms with Crippen LogP contribution in [0.15, 0.2) is 53.6 Å². The topological polar surface area (TPSA) is 83.0 Å². The van der Waals surface area contributed by atoms with Gasteiger partial charge in [0.2, 0.25) is 0 Å². The number of aliphatic carboxylic acids is 1. The molecular formula is C19H21N3O3S. The summed E-state index contributed by atoms with van der Waals surface area (Å²) in [4.78, 5) is 10.5. The number of ether oxygens (including phenoxy) is 1. The highest BCUT2D eigenvalue weighted by Gasteiger charge is 2.05. The number of nitrogens with one attached hydrogen (secondary N) is 2. The van der Waals surface area contributed by atoms with Gasteiger partial charge < -0.3 is 15.2 Å². The van der Waals surface area contributed by atoms with Crippen molar-refractivity contribution >= 4 is 34.7 Å². The maximum absolute atomic E-state index is 10.5. The molecule has 0 fully saturated rings. The number of para-hydroxylation sites is 1. The number of hydrogen-bond acceptors (Lipinski definition) is 4. The van der Waals surface area contributed by atoms with Gasteiger partial charge >= 0.3 is 5.97 Å². The molecule has 0 bridgehead atoms. The Kier molecular flexibility index (Phi) is 7.11. The van der Waals surface area contributed by atoms with Crippen LogP contribution in [0.5, 0.6) is 5.75 Å². The largest absolute Gasteiger partial charge is 0.482 e. The number of anilines is 1. The van der Waals surface area contributed by atoms with Crippen LogP contribution in [0, 0.1) is 6.92 Å². The van der Waals surface area contributed by atoms with Gasteiger partial charge in [0, 0.05) is 5.69 Å². The van der Waals surface area contributed by atoms with Gasteiger partial charge in [-0.1, -0.05) is 25.1 Å². The summed E-state index contributed by atoms with van der Waals surface area (Å²) in [6.07, 6.45) is 0.704. The van der Waals surface area contributed by atoms with Crippen molar-refractivity contribution in [1.29, 1.82) is 0 Å². The van der Waals surface area contributed by atoms with Gasteiger partial charge in [-0.25, -0.2) is 4.79 Å². The summed E-state index contributed by atoms with van der Waals surface area (Å²) in [5.74, 6) is -0.514. The van der Waals surface area contributed by atoms with Crippen LogP contribution >= 0.6 is 12.2 Å². The number of carboxylic acid groups (broad SMARTS) is 1. The first-order valence-electron chi connectivity index (χ1n) is 8.13. The molecule has 0 radical (unpaired) electrons. The minimum Gasteiger partial charge on any atom is -0.482 e. The molecule has 0 amide bonds. The fourth-order valence-corrected chi connectivity index (χ4v) is 2.37. The Bertz CT molecular complexity index is 804. The van der Waals surface area contributed by atoms with Gasteiger partial charge in [-0.2, -0.15) is 5.10 Å². The monoisotopic (exact) mass is 371 g/mol. The third-order valence-corrected chi connectivity index (χ3v) is 3.76. The Morgan fingerprint density at radius 2 is 1.88 bits per heavy atom. The molecule has 26 heavy (non-hydrogen) atoms. The van der Waals surface area contributed by atoms with Crippen LogP contribution in [0.2, 0.25) is 0 Å². The SMILES string of the molecule is CC/C(=N/NC(=S)Nc1ccccc1C)c1ccc(OCC(=O)O)cc1. The van der Waals surface area contributed by atoms with E-state index in [0.717, 1.165) is 22.5 Å². The van der Waals surface area contributed by atoms with Crippen LogP contribution in [0.25, 0.3) is 0 Å². The Morgan fingerprint density at radius 1 is 1.19 bits per heavy atom. The second-order valence-corrected chi connectivity index (χ2v) is 5.91. The first-order valence-corrected chi connectivity index (χ1v) is 8.54. The molecule has 2 aromatic rings. The quantitative estimate of drug-likeness (QED) is 0.392. The molecular weight excluding hydrogens is 350 g/mol. The van der Waals surface area contributed by atoms with E-state index in [1.54, 1.807) is 12.1 Å². The van der Waals surface area contributed by atoms with E-state index in [0.29, 0.717) is 17.3 Å². The molecule has 136 valence electrons. The van der Waals surface area contributed by atoms with E-state index < -0.39 is 5.97 Å². The highest BCUT2D eigenvalue weighted by Crippen LogP contribution is 2.14. The Morgan fingerprint density at radius 3 is 2.50 bits per heavy atom. The first-order chi connectivity index (χ1) is 12.5. The molecule has 6 nitrogen and oxygen atoms in total. The summed E-state index contributed by atoms with van der Waals surface area (Å²) >= 11 is 5.29. The van der Waals surface area contributed by atoms with Crippen molar-refractivity contribution in [2.45, 2.75) is 20.3 Å². The van der Waals surface area contributed by atoms with Crippen LogP contribution in [0.1, 0.15) is 24.5 Å². The van der Waals surface area contributed by atoms with Gasteiger partial charge in [0.05, 0.1) is 5.71 Å². The molecule has 0 heterocycles. The fraction of sp³-hybridized carbons (Fsp3) is 0.211. The number of rotatable bonds is 7. The highest BCUT2D eigenvalue weighted by molar-refractivity contribution is 7.80. The third-order valence-electron chi connectivity index (χ3n) is 3.57. The number of nitrogens with zero attached hydrogens (tertiary/aromatic N) is 1. The molecule has 2 aromatic carbocycles. The van der Waals surface area contributed by atoms with E-state index >= 15 is 0 Å². The van der Waals surface area contributed by atoms with E-state index in [-0.39, 0.29) is 6.61 Å². The standard InChI is InChI=1S/C19H21N3O3S/c1-3-16(14-8-10-15(11-9-14)25-12-18(23)24)21-22-19(26)20-17-7-5-4-6-13(17)2/h4-11H,3,12H2,1-2H3,(H,23,24)(H2,20,22,26)/b21-16-. The maximum atomic E-state index is 10.5. The van der Waals surface area contributed by atoms with Crippen molar-refractivity contribution in [1.82, 2.24) is 5.43 Å². The Labute approximate surface area is 157 Å². The summed E-state index contributed by atoms with van der Waals surface area (Å²) in [5, 5.41) is 16.5. The molecule has 0 saturated heterocycles. The molecule has 0 spiro atoms. The molecule has 0 unspecified atom stereocenters. The predicted octanol–water partition coefficient (Wildman–Crippen LogP) is 3.56. The lowest BCUT2D eigenvalue weighted by Crippen LogP contribution is -2.25. The fourth-order valence-electron chi connectivity index (χ4n) is 2.22. The van der Waals surface area contributed by atoms with Crippen LogP contribution in [-0.4, -0.2) is 28.5 Å². The second-order valence-electron chi connectivity index (χ2n) is 5.50. The summed E-state index contributed by atoms with van der Waals surface area (Å²) in [7, 11) is 0. The average Bonchev–Trinajstić information content (AvgIpc) is 2.63. The van der Waals surface area contributed by atoms with Crippen LogP contribution in [0.3, 0.4) is 0 Å². The van der Waals surface area contributed by atoms with Gasteiger partial charge in [0.1, 0.15) is 5.75 Å². The van der Waals surface area contributed by atoms with Gasteiger partial charge in [0.25, 0.3) is 0 Å². The molecule has 0 aromatic heterocycles. The maximum Gasteiger partial charge on any atom is 0.341 e. The number of hydrazone groups is 1. The molecule has 2 rings (SSSR count). The van der Waals surface area contributed by atoms with Gasteiger partial charge in [-0.15, -0.1) is 0 Å². The van der Waals surface area contributed by atoms with Crippen molar-refractivity contribution in [2.24, 2.45) is 5.10 Å².